The molecule has 0 saturated carbocycles. The van der Waals surface area contributed by atoms with Gasteiger partial charge in [-0.1, -0.05) is 41.5 Å². The second-order valence-electron chi connectivity index (χ2n) is 6.39. The number of nitrogens with zero attached hydrogens (tertiary/aromatic N) is 2. The third-order valence-corrected chi connectivity index (χ3v) is 2.55. The molecule has 0 spiro atoms. The lowest BCUT2D eigenvalue weighted by Crippen LogP contribution is -2.33. The summed E-state index contributed by atoms with van der Waals surface area (Å²) in [4.78, 5) is 12.3. The zero-order chi connectivity index (χ0) is 12.7. The van der Waals surface area contributed by atoms with Crippen molar-refractivity contribution in [3.05, 3.63) is 27.7 Å². The monoisotopic (exact) mass is 222 g/mol. The van der Waals surface area contributed by atoms with E-state index in [0.29, 0.717) is 5.69 Å². The average molecular weight is 222 g/mol. The Labute approximate surface area is 97.5 Å². The summed E-state index contributed by atoms with van der Waals surface area (Å²) >= 11 is 0. The number of rotatable bonds is 0. The topological polar surface area (TPSA) is 34.9 Å². The summed E-state index contributed by atoms with van der Waals surface area (Å²) in [5, 5.41) is 4.32. The van der Waals surface area contributed by atoms with E-state index in [1.807, 2.05) is 34.0 Å². The highest BCUT2D eigenvalue weighted by Gasteiger charge is 2.26. The van der Waals surface area contributed by atoms with Crippen LogP contribution in [0.1, 0.15) is 52.8 Å². The molecule has 0 saturated heterocycles. The zero-order valence-electron chi connectivity index (χ0n) is 11.4. The normalized spacial score (nSPS) is 12.9. The van der Waals surface area contributed by atoms with Gasteiger partial charge in [-0.25, -0.2) is 0 Å². The van der Waals surface area contributed by atoms with Gasteiger partial charge in [0.1, 0.15) is 5.69 Å². The van der Waals surface area contributed by atoms with Crippen molar-refractivity contribution in [2.75, 3.05) is 0 Å². The van der Waals surface area contributed by atoms with Crippen molar-refractivity contribution in [3.8, 4) is 0 Å². The van der Waals surface area contributed by atoms with Gasteiger partial charge >= 0.3 is 0 Å². The Balaban J connectivity index is 3.58. The van der Waals surface area contributed by atoms with Crippen LogP contribution in [-0.4, -0.2) is 9.78 Å². The van der Waals surface area contributed by atoms with Gasteiger partial charge < -0.3 is 0 Å². The molecule has 3 nitrogen and oxygen atoms in total. The predicted molar refractivity (Wildman–Crippen MR) is 66.9 cm³/mol. The molecule has 0 bridgehead atoms. The maximum absolute atomic E-state index is 12.3. The van der Waals surface area contributed by atoms with Crippen LogP contribution in [0, 0.1) is 0 Å². The number of hydrogen-bond donors (Lipinski definition) is 0. The van der Waals surface area contributed by atoms with Crippen LogP contribution in [0.2, 0.25) is 0 Å². The molecule has 0 fully saturated rings. The fourth-order valence-electron chi connectivity index (χ4n) is 1.63. The fourth-order valence-corrected chi connectivity index (χ4v) is 1.63. The zero-order valence-corrected chi connectivity index (χ0v) is 11.4. The van der Waals surface area contributed by atoms with Gasteiger partial charge in [-0.05, 0) is 5.41 Å². The highest BCUT2D eigenvalue weighted by molar-refractivity contribution is 5.24. The highest BCUT2D eigenvalue weighted by Crippen LogP contribution is 2.22. The predicted octanol–water partition coefficient (Wildman–Crippen LogP) is 2.38. The minimum absolute atomic E-state index is 0.0816. The molecule has 0 aromatic carbocycles. The van der Waals surface area contributed by atoms with E-state index in [2.05, 4.69) is 25.9 Å². The van der Waals surface area contributed by atoms with Gasteiger partial charge in [0.05, 0.1) is 0 Å². The van der Waals surface area contributed by atoms with Crippen LogP contribution in [0.3, 0.4) is 0 Å². The highest BCUT2D eigenvalue weighted by atomic mass is 16.1. The molecule has 0 atom stereocenters. The van der Waals surface area contributed by atoms with Crippen LogP contribution in [0.25, 0.3) is 0 Å². The SMILES string of the molecule is Cn1cc(C(C)(C)C)c(=O)c(C(C)(C)C)n1. The summed E-state index contributed by atoms with van der Waals surface area (Å²) in [6.07, 6.45) is 1.83. The minimum atomic E-state index is -0.212. The van der Waals surface area contributed by atoms with E-state index >= 15 is 0 Å². The van der Waals surface area contributed by atoms with E-state index in [-0.39, 0.29) is 16.3 Å². The summed E-state index contributed by atoms with van der Waals surface area (Å²) in [7, 11) is 1.86. The first-order valence-electron chi connectivity index (χ1n) is 5.62. The van der Waals surface area contributed by atoms with E-state index in [1.165, 1.54) is 0 Å². The van der Waals surface area contributed by atoms with Crippen molar-refractivity contribution in [2.45, 2.75) is 52.4 Å². The van der Waals surface area contributed by atoms with E-state index < -0.39 is 0 Å². The molecule has 1 rings (SSSR count). The standard InChI is InChI=1S/C13H22N2O/c1-12(2,3)9-8-15(7)14-11(10(9)16)13(4,5)6/h8H,1-7H3. The molecule has 0 unspecified atom stereocenters. The Morgan fingerprint density at radius 1 is 1.06 bits per heavy atom. The summed E-state index contributed by atoms with van der Waals surface area (Å²) in [6.45, 7) is 12.2. The number of aryl methyl sites for hydroxylation is 1. The van der Waals surface area contributed by atoms with E-state index in [4.69, 9.17) is 0 Å². The van der Waals surface area contributed by atoms with Gasteiger partial charge in [0.25, 0.3) is 0 Å². The Morgan fingerprint density at radius 3 is 1.94 bits per heavy atom. The third kappa shape index (κ3) is 2.52. The Morgan fingerprint density at radius 2 is 1.56 bits per heavy atom. The lowest BCUT2D eigenvalue weighted by molar-refractivity contribution is 0.506. The van der Waals surface area contributed by atoms with Crippen molar-refractivity contribution < 1.29 is 0 Å². The Hall–Kier alpha value is -1.12. The fraction of sp³-hybridized carbons (Fsp3) is 0.692. The van der Waals surface area contributed by atoms with Crippen molar-refractivity contribution in [3.63, 3.8) is 0 Å². The maximum atomic E-state index is 12.3. The molecule has 1 heterocycles. The molecule has 0 amide bonds. The minimum Gasteiger partial charge on any atom is -0.287 e. The first kappa shape index (κ1) is 12.9. The van der Waals surface area contributed by atoms with E-state index in [0.717, 1.165) is 5.56 Å². The van der Waals surface area contributed by atoms with Crippen LogP contribution < -0.4 is 5.43 Å². The lowest BCUT2D eigenvalue weighted by Gasteiger charge is -2.23. The second kappa shape index (κ2) is 3.72. The average Bonchev–Trinajstić information content (AvgIpc) is 2.04. The molecule has 1 aromatic heterocycles. The van der Waals surface area contributed by atoms with Crippen molar-refractivity contribution >= 4 is 0 Å². The van der Waals surface area contributed by atoms with Crippen LogP contribution in [0.15, 0.2) is 11.0 Å². The molecule has 16 heavy (non-hydrogen) atoms. The summed E-state index contributed by atoms with van der Waals surface area (Å²) < 4.78 is 1.74. The lowest BCUT2D eigenvalue weighted by atomic mass is 9.84. The second-order valence-corrected chi connectivity index (χ2v) is 6.39. The first-order chi connectivity index (χ1) is 7.03. The van der Waals surface area contributed by atoms with Crippen molar-refractivity contribution in [2.24, 2.45) is 7.05 Å². The number of aromatic nitrogens is 2. The first-order valence-corrected chi connectivity index (χ1v) is 5.62. The largest absolute Gasteiger partial charge is 0.287 e. The van der Waals surface area contributed by atoms with Gasteiger partial charge in [0.2, 0.25) is 5.43 Å². The van der Waals surface area contributed by atoms with Gasteiger partial charge in [-0.2, -0.15) is 5.10 Å². The van der Waals surface area contributed by atoms with Crippen molar-refractivity contribution in [1.29, 1.82) is 0 Å². The molecule has 3 heteroatoms. The van der Waals surface area contributed by atoms with E-state index in [1.54, 1.807) is 4.68 Å². The van der Waals surface area contributed by atoms with Gasteiger partial charge in [-0.3, -0.25) is 9.48 Å². The number of hydrogen-bond acceptors (Lipinski definition) is 2. The molecule has 0 N–H and O–H groups in total. The molecule has 0 aliphatic rings. The van der Waals surface area contributed by atoms with Crippen molar-refractivity contribution in [1.82, 2.24) is 9.78 Å². The van der Waals surface area contributed by atoms with Crippen LogP contribution >= 0.6 is 0 Å². The van der Waals surface area contributed by atoms with Gasteiger partial charge in [0, 0.05) is 24.2 Å². The summed E-state index contributed by atoms with van der Waals surface area (Å²) in [5.74, 6) is 0. The van der Waals surface area contributed by atoms with E-state index in [9.17, 15) is 4.79 Å². The third-order valence-electron chi connectivity index (χ3n) is 2.55. The molecule has 0 aliphatic carbocycles. The molecular weight excluding hydrogens is 200 g/mol. The molecular formula is C13H22N2O. The van der Waals surface area contributed by atoms with Crippen LogP contribution in [-0.2, 0) is 17.9 Å². The quantitative estimate of drug-likeness (QED) is 0.675. The molecule has 1 aromatic rings. The Kier molecular flexibility index (Phi) is 3.01. The van der Waals surface area contributed by atoms with Crippen LogP contribution in [0.4, 0.5) is 0 Å². The van der Waals surface area contributed by atoms with Gasteiger partial charge in [0.15, 0.2) is 0 Å². The molecule has 90 valence electrons. The maximum Gasteiger partial charge on any atom is 0.207 e. The summed E-state index contributed by atoms with van der Waals surface area (Å²) in [6, 6.07) is 0. The molecule has 0 aliphatic heterocycles. The van der Waals surface area contributed by atoms with Gasteiger partial charge in [-0.15, -0.1) is 0 Å². The Bertz CT molecular complexity index is 406. The summed E-state index contributed by atoms with van der Waals surface area (Å²) in [5.41, 5.74) is 1.20. The molecule has 0 radical (unpaired) electrons. The smallest absolute Gasteiger partial charge is 0.207 e. The van der Waals surface area contributed by atoms with Crippen LogP contribution in [0.5, 0.6) is 0 Å².